The molecule has 0 aromatic heterocycles. The molecule has 0 unspecified atom stereocenters. The summed E-state index contributed by atoms with van der Waals surface area (Å²) in [5, 5.41) is 3.56. The second kappa shape index (κ2) is 10.3. The largest absolute Gasteiger partial charge is 0.455 e. The van der Waals surface area contributed by atoms with E-state index < -0.39 is 35.1 Å². The van der Waals surface area contributed by atoms with Crippen LogP contribution in [-0.4, -0.2) is 33.4 Å². The summed E-state index contributed by atoms with van der Waals surface area (Å²) < 4.78 is 31.5. The highest BCUT2D eigenvalue weighted by Gasteiger charge is 2.12. The number of ether oxygens (including phenoxy) is 1. The molecule has 0 heterocycles. The van der Waals surface area contributed by atoms with E-state index in [0.717, 1.165) is 16.5 Å². The molecule has 0 atom stereocenters. The topological polar surface area (TPSA) is 102 Å². The molecule has 0 aliphatic heterocycles. The Kier molecular flexibility index (Phi) is 8.12. The van der Waals surface area contributed by atoms with Crippen LogP contribution in [0.3, 0.4) is 0 Å². The lowest BCUT2D eigenvalue weighted by Gasteiger charge is -2.09. The maximum atomic E-state index is 11.9. The van der Waals surface area contributed by atoms with Crippen LogP contribution in [0.15, 0.2) is 52.3 Å². The van der Waals surface area contributed by atoms with Crippen molar-refractivity contribution in [2.24, 2.45) is 0 Å². The van der Waals surface area contributed by atoms with E-state index in [2.05, 4.69) is 26.0 Å². The van der Waals surface area contributed by atoms with Crippen molar-refractivity contribution < 1.29 is 22.7 Å². The van der Waals surface area contributed by atoms with Gasteiger partial charge in [0.05, 0.1) is 5.69 Å². The Labute approximate surface area is 178 Å². The number of amides is 1. The third-order valence-electron chi connectivity index (χ3n) is 3.70. The maximum Gasteiger partial charge on any atom is 0.321 e. The number of nitrogens with one attached hydrogen (secondary N) is 2. The summed E-state index contributed by atoms with van der Waals surface area (Å²) in [5.74, 6) is -1.40. The summed E-state index contributed by atoms with van der Waals surface area (Å²) in [4.78, 5) is 23.6. The van der Waals surface area contributed by atoms with Crippen LogP contribution in [0.4, 0.5) is 5.69 Å². The van der Waals surface area contributed by atoms with Crippen molar-refractivity contribution in [3.05, 3.63) is 69.0 Å². The smallest absolute Gasteiger partial charge is 0.321 e. The van der Waals surface area contributed by atoms with Crippen LogP contribution in [0.2, 0.25) is 0 Å². The number of carbonyl (C=O) groups is 2. The standard InChI is InChI=1S/C20H21BrN2O5S/c1-14-3-6-16(7-4-14)9-10-29(26,27)22-12-20(25)28-13-19(24)23-18-8-5-15(2)11-17(18)21/h3-11,22H,12-13H2,1-2H3,(H,23,24)/b10-9+. The normalized spacial score (nSPS) is 11.4. The van der Waals surface area contributed by atoms with Crippen molar-refractivity contribution in [1.82, 2.24) is 4.72 Å². The van der Waals surface area contributed by atoms with E-state index in [1.807, 2.05) is 38.1 Å². The minimum atomic E-state index is -3.82. The van der Waals surface area contributed by atoms with Crippen LogP contribution in [0, 0.1) is 13.8 Å². The Morgan fingerprint density at radius 1 is 1.07 bits per heavy atom. The zero-order chi connectivity index (χ0) is 21.4. The number of esters is 1. The number of aryl methyl sites for hydroxylation is 2. The van der Waals surface area contributed by atoms with Gasteiger partial charge in [-0.3, -0.25) is 9.59 Å². The summed E-state index contributed by atoms with van der Waals surface area (Å²) in [7, 11) is -3.82. The number of carbonyl (C=O) groups excluding carboxylic acids is 2. The van der Waals surface area contributed by atoms with Gasteiger partial charge < -0.3 is 10.1 Å². The van der Waals surface area contributed by atoms with E-state index in [0.29, 0.717) is 15.7 Å². The summed E-state index contributed by atoms with van der Waals surface area (Å²) in [5.41, 5.74) is 3.33. The van der Waals surface area contributed by atoms with Gasteiger partial charge >= 0.3 is 5.97 Å². The van der Waals surface area contributed by atoms with Crippen LogP contribution in [0.5, 0.6) is 0 Å². The van der Waals surface area contributed by atoms with Gasteiger partial charge in [-0.2, -0.15) is 0 Å². The molecular formula is C20H21BrN2O5S. The zero-order valence-electron chi connectivity index (χ0n) is 15.9. The lowest BCUT2D eigenvalue weighted by Crippen LogP contribution is -2.31. The van der Waals surface area contributed by atoms with E-state index in [1.54, 1.807) is 18.2 Å². The van der Waals surface area contributed by atoms with Gasteiger partial charge in [-0.1, -0.05) is 35.9 Å². The fourth-order valence-electron chi connectivity index (χ4n) is 2.16. The Morgan fingerprint density at radius 3 is 2.38 bits per heavy atom. The molecule has 29 heavy (non-hydrogen) atoms. The predicted molar refractivity (Wildman–Crippen MR) is 116 cm³/mol. The Hall–Kier alpha value is -2.49. The van der Waals surface area contributed by atoms with E-state index in [9.17, 15) is 18.0 Å². The van der Waals surface area contributed by atoms with Gasteiger partial charge in [-0.15, -0.1) is 0 Å². The Morgan fingerprint density at radius 2 is 1.72 bits per heavy atom. The molecule has 2 aromatic carbocycles. The average Bonchev–Trinajstić information content (AvgIpc) is 2.67. The summed E-state index contributed by atoms with van der Waals surface area (Å²) >= 11 is 3.33. The third-order valence-corrected chi connectivity index (χ3v) is 5.39. The molecule has 0 radical (unpaired) electrons. The van der Waals surface area contributed by atoms with Gasteiger partial charge in [0.2, 0.25) is 10.0 Å². The molecule has 0 fully saturated rings. The molecule has 0 aliphatic rings. The monoisotopic (exact) mass is 480 g/mol. The molecule has 1 amide bonds. The van der Waals surface area contributed by atoms with Crippen LogP contribution in [0.25, 0.3) is 6.08 Å². The highest BCUT2D eigenvalue weighted by atomic mass is 79.9. The fourth-order valence-corrected chi connectivity index (χ4v) is 3.50. The van der Waals surface area contributed by atoms with Crippen molar-refractivity contribution in [2.45, 2.75) is 13.8 Å². The summed E-state index contributed by atoms with van der Waals surface area (Å²) in [6, 6.07) is 12.6. The quantitative estimate of drug-likeness (QED) is 0.565. The second-order valence-electron chi connectivity index (χ2n) is 6.27. The van der Waals surface area contributed by atoms with Crippen molar-refractivity contribution in [2.75, 3.05) is 18.5 Å². The number of hydrogen-bond acceptors (Lipinski definition) is 5. The van der Waals surface area contributed by atoms with Crippen molar-refractivity contribution in [3.8, 4) is 0 Å². The van der Waals surface area contributed by atoms with Gasteiger partial charge in [-0.05, 0) is 59.1 Å². The highest BCUT2D eigenvalue weighted by Crippen LogP contribution is 2.23. The molecular weight excluding hydrogens is 460 g/mol. The van der Waals surface area contributed by atoms with Gasteiger partial charge in [0, 0.05) is 9.88 Å². The average molecular weight is 481 g/mol. The molecule has 2 rings (SSSR count). The first-order valence-electron chi connectivity index (χ1n) is 8.61. The van der Waals surface area contributed by atoms with Crippen LogP contribution in [-0.2, 0) is 24.3 Å². The van der Waals surface area contributed by atoms with Crippen LogP contribution in [0.1, 0.15) is 16.7 Å². The van der Waals surface area contributed by atoms with Gasteiger partial charge in [0.1, 0.15) is 6.54 Å². The molecule has 0 spiro atoms. The third kappa shape index (κ3) is 8.18. The van der Waals surface area contributed by atoms with Crippen molar-refractivity contribution in [3.63, 3.8) is 0 Å². The Balaban J connectivity index is 1.78. The van der Waals surface area contributed by atoms with E-state index in [-0.39, 0.29) is 0 Å². The van der Waals surface area contributed by atoms with Crippen molar-refractivity contribution in [1.29, 1.82) is 0 Å². The first kappa shape index (κ1) is 22.8. The predicted octanol–water partition coefficient (Wildman–Crippen LogP) is 3.14. The Bertz CT molecular complexity index is 1020. The first-order valence-corrected chi connectivity index (χ1v) is 10.9. The number of sulfonamides is 1. The van der Waals surface area contributed by atoms with Crippen molar-refractivity contribution >= 4 is 49.6 Å². The SMILES string of the molecule is Cc1ccc(/C=C/S(=O)(=O)NCC(=O)OCC(=O)Nc2ccc(C)cc2Br)cc1. The van der Waals surface area contributed by atoms with E-state index >= 15 is 0 Å². The lowest BCUT2D eigenvalue weighted by atomic mass is 10.2. The molecule has 7 nitrogen and oxygen atoms in total. The van der Waals surface area contributed by atoms with Crippen LogP contribution >= 0.6 is 15.9 Å². The number of hydrogen-bond donors (Lipinski definition) is 2. The highest BCUT2D eigenvalue weighted by molar-refractivity contribution is 9.10. The van der Waals surface area contributed by atoms with Gasteiger partial charge in [0.25, 0.3) is 5.91 Å². The minimum Gasteiger partial charge on any atom is -0.455 e. The number of halogens is 1. The molecule has 154 valence electrons. The second-order valence-corrected chi connectivity index (χ2v) is 8.78. The molecule has 2 aromatic rings. The number of rotatable bonds is 8. The van der Waals surface area contributed by atoms with Gasteiger partial charge in [0.15, 0.2) is 6.61 Å². The van der Waals surface area contributed by atoms with E-state index in [1.165, 1.54) is 6.08 Å². The maximum absolute atomic E-state index is 11.9. The number of benzene rings is 2. The number of anilines is 1. The molecule has 0 saturated heterocycles. The fraction of sp³-hybridized carbons (Fsp3) is 0.200. The molecule has 0 aliphatic carbocycles. The summed E-state index contributed by atoms with van der Waals surface area (Å²) in [6.45, 7) is 2.73. The molecule has 0 saturated carbocycles. The molecule has 0 bridgehead atoms. The first-order chi connectivity index (χ1) is 13.6. The van der Waals surface area contributed by atoms with E-state index in [4.69, 9.17) is 4.74 Å². The zero-order valence-corrected chi connectivity index (χ0v) is 18.3. The van der Waals surface area contributed by atoms with Gasteiger partial charge in [-0.25, -0.2) is 13.1 Å². The molecule has 2 N–H and O–H groups in total. The summed E-state index contributed by atoms with van der Waals surface area (Å²) in [6.07, 6.45) is 1.42. The van der Waals surface area contributed by atoms with Crippen LogP contribution < -0.4 is 10.0 Å². The molecule has 9 heteroatoms. The minimum absolute atomic E-state index is 0.528. The lowest BCUT2D eigenvalue weighted by molar-refractivity contribution is -0.146.